The van der Waals surface area contributed by atoms with E-state index in [0.717, 1.165) is 16.8 Å². The Kier molecular flexibility index (Phi) is 5.85. The molecule has 134 valence electrons. The van der Waals surface area contributed by atoms with Crippen LogP contribution in [-0.2, 0) is 0 Å². The van der Waals surface area contributed by atoms with Crippen LogP contribution in [0.1, 0.15) is 24.0 Å². The van der Waals surface area contributed by atoms with Crippen molar-refractivity contribution in [1.29, 1.82) is 0 Å². The van der Waals surface area contributed by atoms with Crippen LogP contribution in [0, 0.1) is 10.1 Å². The van der Waals surface area contributed by atoms with Crippen LogP contribution in [0.25, 0.3) is 0 Å². The van der Waals surface area contributed by atoms with Gasteiger partial charge >= 0.3 is 0 Å². The van der Waals surface area contributed by atoms with Crippen LogP contribution < -0.4 is 14.4 Å². The highest BCUT2D eigenvalue weighted by Gasteiger charge is 2.30. The van der Waals surface area contributed by atoms with Crippen molar-refractivity contribution in [2.75, 3.05) is 33.2 Å². The van der Waals surface area contributed by atoms with Crippen LogP contribution >= 0.6 is 0 Å². The van der Waals surface area contributed by atoms with Crippen molar-refractivity contribution < 1.29 is 14.4 Å². The van der Waals surface area contributed by atoms with Gasteiger partial charge in [0.05, 0.1) is 20.1 Å². The second kappa shape index (κ2) is 7.88. The molecule has 2 atom stereocenters. The summed E-state index contributed by atoms with van der Waals surface area (Å²) < 4.78 is 10.6. The van der Waals surface area contributed by atoms with Gasteiger partial charge in [-0.1, -0.05) is 18.2 Å². The molecule has 0 bridgehead atoms. The molecule has 0 aliphatic rings. The van der Waals surface area contributed by atoms with Gasteiger partial charge in [0.2, 0.25) is 6.04 Å². The van der Waals surface area contributed by atoms with Crippen LogP contribution in [0.15, 0.2) is 42.5 Å². The smallest absolute Gasteiger partial charge is 0.221 e. The Morgan fingerprint density at radius 1 is 0.960 bits per heavy atom. The molecule has 0 aromatic heterocycles. The number of hydrogen-bond acceptors (Lipinski definition) is 5. The summed E-state index contributed by atoms with van der Waals surface area (Å²) in [6.07, 6.45) is 0. The molecule has 0 spiro atoms. The molecule has 2 unspecified atom stereocenters. The first-order chi connectivity index (χ1) is 11.9. The van der Waals surface area contributed by atoms with E-state index in [0.29, 0.717) is 11.5 Å². The lowest BCUT2D eigenvalue weighted by Crippen LogP contribution is -2.25. The highest BCUT2D eigenvalue weighted by Crippen LogP contribution is 2.36. The topological polar surface area (TPSA) is 64.8 Å². The molecule has 0 aliphatic heterocycles. The molecule has 6 nitrogen and oxygen atoms in total. The van der Waals surface area contributed by atoms with E-state index in [4.69, 9.17) is 9.47 Å². The number of benzene rings is 2. The van der Waals surface area contributed by atoms with Gasteiger partial charge in [-0.3, -0.25) is 10.1 Å². The van der Waals surface area contributed by atoms with Crippen LogP contribution in [-0.4, -0.2) is 39.3 Å². The van der Waals surface area contributed by atoms with Gasteiger partial charge in [-0.25, -0.2) is 0 Å². The molecule has 0 saturated carbocycles. The van der Waals surface area contributed by atoms with Gasteiger partial charge in [-0.15, -0.1) is 0 Å². The summed E-state index contributed by atoms with van der Waals surface area (Å²) in [4.78, 5) is 13.2. The number of methoxy groups -OCH3 is 2. The maximum Gasteiger partial charge on any atom is 0.221 e. The predicted molar refractivity (Wildman–Crippen MR) is 98.6 cm³/mol. The van der Waals surface area contributed by atoms with E-state index < -0.39 is 6.04 Å². The maximum atomic E-state index is 11.5. The molecule has 0 saturated heterocycles. The van der Waals surface area contributed by atoms with Gasteiger partial charge in [-0.05, 0) is 35.4 Å². The molecule has 0 aliphatic carbocycles. The average molecular weight is 344 g/mol. The fourth-order valence-electron chi connectivity index (χ4n) is 2.90. The van der Waals surface area contributed by atoms with Gasteiger partial charge in [0.15, 0.2) is 11.5 Å². The Labute approximate surface area is 148 Å². The van der Waals surface area contributed by atoms with Crippen LogP contribution in [0.2, 0.25) is 0 Å². The van der Waals surface area contributed by atoms with Crippen LogP contribution in [0.5, 0.6) is 11.5 Å². The van der Waals surface area contributed by atoms with E-state index in [1.807, 2.05) is 55.4 Å². The van der Waals surface area contributed by atoms with Crippen molar-refractivity contribution in [3.05, 3.63) is 63.7 Å². The molecule has 2 aromatic rings. The van der Waals surface area contributed by atoms with Gasteiger partial charge in [0.1, 0.15) is 0 Å². The second-order valence-electron chi connectivity index (χ2n) is 6.10. The van der Waals surface area contributed by atoms with Crippen molar-refractivity contribution in [1.82, 2.24) is 0 Å². The fourth-order valence-corrected chi connectivity index (χ4v) is 2.90. The Bertz CT molecular complexity index is 729. The Hall–Kier alpha value is -2.76. The standard InChI is InChI=1S/C19H24N2O4/c1-13(21(22)23)19(14-6-9-16(10-7-14)20(2)3)15-8-11-17(24-4)18(12-15)25-5/h6-13,19H,1-5H3. The van der Waals surface area contributed by atoms with Crippen molar-refractivity contribution in [2.45, 2.75) is 18.9 Å². The highest BCUT2D eigenvalue weighted by molar-refractivity contribution is 5.50. The minimum atomic E-state index is -0.775. The number of hydrogen-bond donors (Lipinski definition) is 0. The Balaban J connectivity index is 2.51. The summed E-state index contributed by atoms with van der Waals surface area (Å²) in [5, 5.41) is 11.5. The molecule has 2 aromatic carbocycles. The third-order valence-corrected chi connectivity index (χ3v) is 4.35. The second-order valence-corrected chi connectivity index (χ2v) is 6.10. The maximum absolute atomic E-state index is 11.5. The fraction of sp³-hybridized carbons (Fsp3) is 0.368. The predicted octanol–water partition coefficient (Wildman–Crippen LogP) is 3.57. The third kappa shape index (κ3) is 4.02. The number of nitro groups is 1. The molecular weight excluding hydrogens is 320 g/mol. The first-order valence-corrected chi connectivity index (χ1v) is 8.01. The zero-order chi connectivity index (χ0) is 18.6. The summed E-state index contributed by atoms with van der Waals surface area (Å²) in [6.45, 7) is 1.63. The largest absolute Gasteiger partial charge is 0.493 e. The van der Waals surface area contributed by atoms with Gasteiger partial charge in [0, 0.05) is 31.6 Å². The molecule has 6 heteroatoms. The molecule has 0 amide bonds. The van der Waals surface area contributed by atoms with E-state index in [9.17, 15) is 10.1 Å². The monoisotopic (exact) mass is 344 g/mol. The zero-order valence-corrected chi connectivity index (χ0v) is 15.2. The Morgan fingerprint density at radius 3 is 2.00 bits per heavy atom. The number of ether oxygens (including phenoxy) is 2. The summed E-state index contributed by atoms with van der Waals surface area (Å²) in [6, 6.07) is 12.5. The molecular formula is C19H24N2O4. The van der Waals surface area contributed by atoms with Crippen molar-refractivity contribution in [3.8, 4) is 11.5 Å². The SMILES string of the molecule is COc1ccc(C(c2ccc(N(C)C)cc2)C(C)[N+](=O)[O-])cc1OC. The first-order valence-electron chi connectivity index (χ1n) is 8.01. The molecule has 0 fully saturated rings. The normalized spacial score (nSPS) is 13.0. The van der Waals surface area contributed by atoms with Gasteiger partial charge < -0.3 is 14.4 Å². The quantitative estimate of drug-likeness (QED) is 0.567. The first kappa shape index (κ1) is 18.6. The highest BCUT2D eigenvalue weighted by atomic mass is 16.6. The Morgan fingerprint density at radius 2 is 1.52 bits per heavy atom. The number of anilines is 1. The summed E-state index contributed by atoms with van der Waals surface area (Å²) in [5.41, 5.74) is 2.75. The third-order valence-electron chi connectivity index (χ3n) is 4.35. The lowest BCUT2D eigenvalue weighted by Gasteiger charge is -2.21. The number of rotatable bonds is 7. The van der Waals surface area contributed by atoms with E-state index in [-0.39, 0.29) is 10.8 Å². The van der Waals surface area contributed by atoms with Crippen LogP contribution in [0.4, 0.5) is 5.69 Å². The lowest BCUT2D eigenvalue weighted by atomic mass is 9.85. The molecule has 25 heavy (non-hydrogen) atoms. The summed E-state index contributed by atoms with van der Waals surface area (Å²) in [7, 11) is 7.04. The zero-order valence-electron chi connectivity index (χ0n) is 15.2. The minimum absolute atomic E-state index is 0.249. The minimum Gasteiger partial charge on any atom is -0.493 e. The van der Waals surface area contributed by atoms with E-state index in [1.54, 1.807) is 27.2 Å². The summed E-state index contributed by atoms with van der Waals surface area (Å²) in [5.74, 6) is 0.776. The molecule has 2 rings (SSSR count). The lowest BCUT2D eigenvalue weighted by molar-refractivity contribution is -0.520. The van der Waals surface area contributed by atoms with Crippen molar-refractivity contribution in [3.63, 3.8) is 0 Å². The van der Waals surface area contributed by atoms with E-state index in [2.05, 4.69) is 0 Å². The molecule has 0 radical (unpaired) electrons. The van der Waals surface area contributed by atoms with E-state index >= 15 is 0 Å². The van der Waals surface area contributed by atoms with Crippen molar-refractivity contribution >= 4 is 5.69 Å². The average Bonchev–Trinajstić information content (AvgIpc) is 2.61. The number of nitrogens with zero attached hydrogens (tertiary/aromatic N) is 2. The summed E-state index contributed by atoms with van der Waals surface area (Å²) >= 11 is 0. The van der Waals surface area contributed by atoms with E-state index in [1.165, 1.54) is 0 Å². The van der Waals surface area contributed by atoms with Crippen LogP contribution in [0.3, 0.4) is 0 Å². The van der Waals surface area contributed by atoms with Crippen molar-refractivity contribution in [2.24, 2.45) is 0 Å². The van der Waals surface area contributed by atoms with Gasteiger partial charge in [0.25, 0.3) is 0 Å². The molecule has 0 N–H and O–H groups in total. The van der Waals surface area contributed by atoms with Gasteiger partial charge in [-0.2, -0.15) is 0 Å². The molecule has 0 heterocycles.